The van der Waals surface area contributed by atoms with Gasteiger partial charge in [0.25, 0.3) is 0 Å². The molecule has 0 aliphatic carbocycles. The van der Waals surface area contributed by atoms with Crippen molar-refractivity contribution in [1.29, 1.82) is 0 Å². The monoisotopic (exact) mass is 627 g/mol. The molecule has 0 bridgehead atoms. The lowest BCUT2D eigenvalue weighted by molar-refractivity contribution is -0.869. The number of urea groups is 1. The maximum Gasteiger partial charge on any atom is 0.431 e. The summed E-state index contributed by atoms with van der Waals surface area (Å²) < 4.78 is 46.6. The lowest BCUT2D eigenvalue weighted by atomic mass is 9.85. The van der Waals surface area contributed by atoms with E-state index in [-0.39, 0.29) is 35.3 Å². The zero-order valence-corrected chi connectivity index (χ0v) is 26.5. The van der Waals surface area contributed by atoms with Gasteiger partial charge in [-0.05, 0) is 69.0 Å². The maximum atomic E-state index is 14.1. The van der Waals surface area contributed by atoms with E-state index in [1.54, 1.807) is 24.3 Å². The fourth-order valence-corrected chi connectivity index (χ4v) is 5.58. The number of aryl methyl sites for hydroxylation is 1. The SMILES string of the molecule is CC(=O)N(CCNNC(=O)[N+]1(Cc2ccc(Oc3cc(F)c(F)cc3F)cc2)CCC(c2ccccc2C)CC1)OC(C)(C)C. The average molecular weight is 628 g/mol. The summed E-state index contributed by atoms with van der Waals surface area (Å²) in [6, 6.07) is 16.0. The van der Waals surface area contributed by atoms with E-state index in [2.05, 4.69) is 29.9 Å². The first-order valence-corrected chi connectivity index (χ1v) is 15.1. The number of carbonyl (C=O) groups excluding carboxylic acids is 2. The maximum absolute atomic E-state index is 14.1. The first-order chi connectivity index (χ1) is 21.3. The summed E-state index contributed by atoms with van der Waals surface area (Å²) in [5.74, 6) is -3.61. The number of hydroxylamine groups is 2. The molecule has 3 aromatic rings. The molecule has 0 aromatic heterocycles. The summed E-state index contributed by atoms with van der Waals surface area (Å²) in [5.41, 5.74) is 8.64. The Morgan fingerprint density at radius 2 is 1.60 bits per heavy atom. The molecule has 1 heterocycles. The summed E-state index contributed by atoms with van der Waals surface area (Å²) in [6.45, 7) is 11.2. The molecular weight excluding hydrogens is 585 g/mol. The quantitative estimate of drug-likeness (QED) is 0.111. The van der Waals surface area contributed by atoms with Crippen molar-refractivity contribution >= 4 is 11.9 Å². The third kappa shape index (κ3) is 9.06. The Balaban J connectivity index is 1.46. The van der Waals surface area contributed by atoms with Gasteiger partial charge in [0.1, 0.15) is 12.3 Å². The van der Waals surface area contributed by atoms with Crippen molar-refractivity contribution in [3.63, 3.8) is 0 Å². The average Bonchev–Trinajstić information content (AvgIpc) is 2.98. The first kappa shape index (κ1) is 34.0. The Kier molecular flexibility index (Phi) is 10.9. The van der Waals surface area contributed by atoms with Gasteiger partial charge in [0.15, 0.2) is 23.2 Å². The molecule has 1 fully saturated rings. The van der Waals surface area contributed by atoms with Gasteiger partial charge in [-0.15, -0.1) is 0 Å². The lowest BCUT2D eigenvalue weighted by Crippen LogP contribution is -2.62. The number of benzene rings is 3. The minimum Gasteiger partial charge on any atom is -0.454 e. The molecule has 0 atom stereocenters. The Hall–Kier alpha value is -3.93. The summed E-state index contributed by atoms with van der Waals surface area (Å²) in [6.07, 6.45) is 1.62. The summed E-state index contributed by atoms with van der Waals surface area (Å²) in [7, 11) is 0. The van der Waals surface area contributed by atoms with Crippen molar-refractivity contribution in [3.05, 3.63) is 94.8 Å². The van der Waals surface area contributed by atoms with Crippen LogP contribution in [0.5, 0.6) is 11.5 Å². The second-order valence-electron chi connectivity index (χ2n) is 12.5. The minimum atomic E-state index is -1.29. The molecule has 1 saturated heterocycles. The minimum absolute atomic E-state index is 0.141. The van der Waals surface area contributed by atoms with Crippen LogP contribution in [0.3, 0.4) is 0 Å². The van der Waals surface area contributed by atoms with Crippen LogP contribution in [0.4, 0.5) is 18.0 Å². The second kappa shape index (κ2) is 14.4. The van der Waals surface area contributed by atoms with Crippen LogP contribution in [0.25, 0.3) is 0 Å². The number of quaternary nitrogens is 1. The second-order valence-corrected chi connectivity index (χ2v) is 12.5. The lowest BCUT2D eigenvalue weighted by Gasteiger charge is -2.41. The van der Waals surface area contributed by atoms with Crippen LogP contribution in [-0.4, -0.2) is 53.3 Å². The van der Waals surface area contributed by atoms with Crippen molar-refractivity contribution in [2.24, 2.45) is 0 Å². The number of hydrogen-bond acceptors (Lipinski definition) is 5. The van der Waals surface area contributed by atoms with Gasteiger partial charge >= 0.3 is 6.03 Å². The molecule has 11 heteroatoms. The third-order valence-electron chi connectivity index (χ3n) is 7.85. The van der Waals surface area contributed by atoms with Crippen LogP contribution in [0.2, 0.25) is 0 Å². The van der Waals surface area contributed by atoms with Gasteiger partial charge < -0.3 is 4.74 Å². The van der Waals surface area contributed by atoms with Crippen LogP contribution in [0.15, 0.2) is 60.7 Å². The third-order valence-corrected chi connectivity index (χ3v) is 7.85. The number of hydrazine groups is 1. The molecule has 4 rings (SSSR count). The summed E-state index contributed by atoms with van der Waals surface area (Å²) >= 11 is 0. The number of ether oxygens (including phenoxy) is 1. The molecule has 0 saturated carbocycles. The van der Waals surface area contributed by atoms with E-state index < -0.39 is 28.8 Å². The molecule has 0 radical (unpaired) electrons. The van der Waals surface area contributed by atoms with E-state index in [0.717, 1.165) is 18.4 Å². The summed E-state index contributed by atoms with van der Waals surface area (Å²) in [5, 5.41) is 1.27. The molecule has 8 nitrogen and oxygen atoms in total. The normalized spacial score (nSPS) is 18.4. The number of halogens is 3. The Morgan fingerprint density at radius 3 is 2.22 bits per heavy atom. The van der Waals surface area contributed by atoms with E-state index in [4.69, 9.17) is 9.57 Å². The predicted molar refractivity (Wildman–Crippen MR) is 164 cm³/mol. The van der Waals surface area contributed by atoms with E-state index in [1.165, 1.54) is 23.1 Å². The van der Waals surface area contributed by atoms with Crippen LogP contribution < -0.4 is 15.6 Å². The molecule has 1 aliphatic heterocycles. The topological polar surface area (TPSA) is 79.9 Å². The highest BCUT2D eigenvalue weighted by molar-refractivity contribution is 5.72. The van der Waals surface area contributed by atoms with E-state index in [9.17, 15) is 22.8 Å². The van der Waals surface area contributed by atoms with Gasteiger partial charge in [0, 0.05) is 44.0 Å². The largest absolute Gasteiger partial charge is 0.454 e. The molecule has 1 aliphatic rings. The number of nitrogens with zero attached hydrogens (tertiary/aromatic N) is 2. The molecule has 3 amide bonds. The molecule has 0 spiro atoms. The summed E-state index contributed by atoms with van der Waals surface area (Å²) in [4.78, 5) is 31.5. The van der Waals surface area contributed by atoms with Crippen molar-refractivity contribution in [1.82, 2.24) is 15.9 Å². The van der Waals surface area contributed by atoms with Crippen LogP contribution in [0, 0.1) is 24.4 Å². The molecule has 45 heavy (non-hydrogen) atoms. The molecule has 0 unspecified atom stereocenters. The van der Waals surface area contributed by atoms with E-state index >= 15 is 0 Å². The van der Waals surface area contributed by atoms with Crippen molar-refractivity contribution in [3.8, 4) is 11.5 Å². The number of amides is 3. The zero-order chi connectivity index (χ0) is 32.8. The predicted octanol–water partition coefficient (Wildman–Crippen LogP) is 6.89. The van der Waals surface area contributed by atoms with Crippen molar-refractivity contribution in [2.75, 3.05) is 26.2 Å². The standard InChI is InChI=1S/C34H41F3N4O4/c1-23-8-6-7-9-28(23)26-14-18-41(19-15-26,33(43)39-38-16-17-40(24(2)42)45-34(3,4)5)22-25-10-12-27(13-11-25)44-32-21-30(36)29(35)20-31(32)37/h6-13,20-21,26,38H,14-19,22H2,1-5H3/p+1. The van der Waals surface area contributed by atoms with Gasteiger partial charge in [-0.1, -0.05) is 24.3 Å². The Labute approximate surface area is 262 Å². The van der Waals surface area contributed by atoms with Crippen molar-refractivity contribution in [2.45, 2.75) is 65.5 Å². The first-order valence-electron chi connectivity index (χ1n) is 15.1. The fraction of sp³-hybridized carbons (Fsp3) is 0.412. The molecule has 242 valence electrons. The van der Waals surface area contributed by atoms with E-state index in [1.807, 2.05) is 32.9 Å². The van der Waals surface area contributed by atoms with Gasteiger partial charge in [0.05, 0.1) is 25.2 Å². The number of piperidine rings is 1. The van der Waals surface area contributed by atoms with Crippen LogP contribution in [-0.2, 0) is 16.2 Å². The number of carbonyl (C=O) groups is 2. The smallest absolute Gasteiger partial charge is 0.431 e. The number of rotatable bonds is 10. The number of hydrogen-bond donors (Lipinski definition) is 2. The van der Waals surface area contributed by atoms with E-state index in [0.29, 0.717) is 37.7 Å². The molecular formula is C34H42F3N4O4+. The Morgan fingerprint density at radius 1 is 0.956 bits per heavy atom. The van der Waals surface area contributed by atoms with Gasteiger partial charge in [-0.25, -0.2) is 38.4 Å². The highest BCUT2D eigenvalue weighted by Gasteiger charge is 2.41. The highest BCUT2D eigenvalue weighted by Crippen LogP contribution is 2.35. The zero-order valence-electron chi connectivity index (χ0n) is 26.5. The molecule has 2 N–H and O–H groups in total. The van der Waals surface area contributed by atoms with Crippen molar-refractivity contribution < 1.29 is 36.8 Å². The van der Waals surface area contributed by atoms with Crippen LogP contribution in [0.1, 0.15) is 63.1 Å². The fourth-order valence-electron chi connectivity index (χ4n) is 5.58. The number of nitrogens with one attached hydrogen (secondary N) is 2. The van der Waals surface area contributed by atoms with Gasteiger partial charge in [-0.3, -0.25) is 9.63 Å². The Bertz CT molecular complexity index is 1490. The highest BCUT2D eigenvalue weighted by atomic mass is 19.2. The van der Waals surface area contributed by atoms with Gasteiger partial charge in [-0.2, -0.15) is 0 Å². The van der Waals surface area contributed by atoms with Gasteiger partial charge in [0.2, 0.25) is 5.91 Å². The number of likely N-dealkylation sites (tertiary alicyclic amines) is 1. The molecule has 3 aromatic carbocycles. The van der Waals surface area contributed by atoms with Crippen LogP contribution >= 0.6 is 0 Å².